The summed E-state index contributed by atoms with van der Waals surface area (Å²) >= 11 is 0. The maximum atomic E-state index is 12.3. The molecule has 2 heterocycles. The molecule has 0 saturated carbocycles. The third-order valence-electron chi connectivity index (χ3n) is 3.90. The Hall–Kier alpha value is -0.650. The smallest absolute Gasteiger partial charge is 0.241 e. The first-order valence-electron chi connectivity index (χ1n) is 6.65. The Kier molecular flexibility index (Phi) is 4.36. The molecule has 98 valence electrons. The predicted octanol–water partition coefficient (Wildman–Crippen LogP) is -0.900. The number of carbonyl (C=O) groups is 1. The molecule has 2 rings (SSSR count). The summed E-state index contributed by atoms with van der Waals surface area (Å²) in [6.07, 6.45) is 1.11. The van der Waals surface area contributed by atoms with Crippen LogP contribution in [-0.4, -0.2) is 74.1 Å². The zero-order valence-corrected chi connectivity index (χ0v) is 10.9. The number of likely N-dealkylation sites (N-methyl/N-ethyl adjacent to an activating group) is 1. The zero-order chi connectivity index (χ0) is 12.3. The molecule has 17 heavy (non-hydrogen) atoms. The third-order valence-corrected chi connectivity index (χ3v) is 3.90. The minimum absolute atomic E-state index is 0.0235. The van der Waals surface area contributed by atoms with Gasteiger partial charge in [-0.2, -0.15) is 0 Å². The highest BCUT2D eigenvalue weighted by Gasteiger charge is 2.30. The molecule has 1 amide bonds. The molecule has 0 aliphatic carbocycles. The van der Waals surface area contributed by atoms with Gasteiger partial charge in [0.25, 0.3) is 0 Å². The summed E-state index contributed by atoms with van der Waals surface area (Å²) in [6.45, 7) is 7.54. The maximum absolute atomic E-state index is 12.3. The van der Waals surface area contributed by atoms with E-state index in [0.717, 1.165) is 45.7 Å². The van der Waals surface area contributed by atoms with Gasteiger partial charge in [-0.3, -0.25) is 9.69 Å². The molecular formula is C12H24N4O. The van der Waals surface area contributed by atoms with Crippen LogP contribution in [0.5, 0.6) is 0 Å². The van der Waals surface area contributed by atoms with Crippen LogP contribution in [0, 0.1) is 0 Å². The standard InChI is InChI=1S/C12H24N4O/c1-3-10-9-16(7-6-15(10)2)12(17)11-8-13-4-5-14-11/h10-11,13-14H,3-9H2,1-2H3. The fourth-order valence-electron chi connectivity index (χ4n) is 2.64. The first-order chi connectivity index (χ1) is 8.22. The SMILES string of the molecule is CCC1CN(C(=O)C2CNCCN2)CCN1C. The van der Waals surface area contributed by atoms with Gasteiger partial charge in [-0.05, 0) is 13.5 Å². The number of hydrogen-bond donors (Lipinski definition) is 2. The molecule has 2 aliphatic rings. The van der Waals surface area contributed by atoms with Gasteiger partial charge in [0, 0.05) is 45.3 Å². The van der Waals surface area contributed by atoms with Crippen molar-refractivity contribution in [3.63, 3.8) is 0 Å². The van der Waals surface area contributed by atoms with Crippen molar-refractivity contribution in [1.29, 1.82) is 0 Å². The van der Waals surface area contributed by atoms with Crippen molar-refractivity contribution in [2.45, 2.75) is 25.4 Å². The second kappa shape index (κ2) is 5.80. The van der Waals surface area contributed by atoms with E-state index >= 15 is 0 Å². The number of carbonyl (C=O) groups excluding carboxylic acids is 1. The van der Waals surface area contributed by atoms with Crippen LogP contribution < -0.4 is 10.6 Å². The van der Waals surface area contributed by atoms with E-state index in [-0.39, 0.29) is 11.9 Å². The van der Waals surface area contributed by atoms with E-state index in [1.54, 1.807) is 0 Å². The van der Waals surface area contributed by atoms with Crippen molar-refractivity contribution in [1.82, 2.24) is 20.4 Å². The molecule has 0 aromatic heterocycles. The highest BCUT2D eigenvalue weighted by atomic mass is 16.2. The molecule has 5 nitrogen and oxygen atoms in total. The number of rotatable bonds is 2. The summed E-state index contributed by atoms with van der Waals surface area (Å²) in [5.74, 6) is 0.267. The minimum Gasteiger partial charge on any atom is -0.338 e. The molecule has 2 fully saturated rings. The van der Waals surface area contributed by atoms with Gasteiger partial charge in [-0.15, -0.1) is 0 Å². The highest BCUT2D eigenvalue weighted by molar-refractivity contribution is 5.82. The molecule has 0 spiro atoms. The number of piperazine rings is 2. The van der Waals surface area contributed by atoms with E-state index < -0.39 is 0 Å². The van der Waals surface area contributed by atoms with Gasteiger partial charge in [0.15, 0.2) is 0 Å². The fraction of sp³-hybridized carbons (Fsp3) is 0.917. The van der Waals surface area contributed by atoms with Gasteiger partial charge >= 0.3 is 0 Å². The normalized spacial score (nSPS) is 31.5. The van der Waals surface area contributed by atoms with E-state index in [2.05, 4.69) is 29.5 Å². The average Bonchev–Trinajstić information content (AvgIpc) is 2.39. The van der Waals surface area contributed by atoms with Crippen LogP contribution in [-0.2, 0) is 4.79 Å². The fourth-order valence-corrected chi connectivity index (χ4v) is 2.64. The Labute approximate surface area is 104 Å². The van der Waals surface area contributed by atoms with E-state index in [0.29, 0.717) is 6.04 Å². The molecule has 5 heteroatoms. The van der Waals surface area contributed by atoms with E-state index in [9.17, 15) is 4.79 Å². The molecule has 0 aromatic rings. The molecule has 2 N–H and O–H groups in total. The third kappa shape index (κ3) is 2.97. The van der Waals surface area contributed by atoms with Gasteiger partial charge in [-0.25, -0.2) is 0 Å². The van der Waals surface area contributed by atoms with Crippen LogP contribution in [0.15, 0.2) is 0 Å². The Morgan fingerprint density at radius 2 is 2.18 bits per heavy atom. The second-order valence-corrected chi connectivity index (χ2v) is 5.04. The quantitative estimate of drug-likeness (QED) is 0.657. The minimum atomic E-state index is -0.0235. The largest absolute Gasteiger partial charge is 0.338 e. The highest BCUT2D eigenvalue weighted by Crippen LogP contribution is 2.11. The maximum Gasteiger partial charge on any atom is 0.241 e. The van der Waals surface area contributed by atoms with Crippen LogP contribution in [0.4, 0.5) is 0 Å². The zero-order valence-electron chi connectivity index (χ0n) is 10.9. The summed E-state index contributed by atoms with van der Waals surface area (Å²) in [7, 11) is 2.15. The van der Waals surface area contributed by atoms with Crippen LogP contribution in [0.1, 0.15) is 13.3 Å². The van der Waals surface area contributed by atoms with E-state index in [4.69, 9.17) is 0 Å². The molecular weight excluding hydrogens is 216 g/mol. The van der Waals surface area contributed by atoms with Crippen LogP contribution in [0.3, 0.4) is 0 Å². The number of hydrogen-bond acceptors (Lipinski definition) is 4. The van der Waals surface area contributed by atoms with Gasteiger partial charge < -0.3 is 15.5 Å². The van der Waals surface area contributed by atoms with Gasteiger partial charge in [0.2, 0.25) is 5.91 Å². The predicted molar refractivity (Wildman–Crippen MR) is 67.9 cm³/mol. The van der Waals surface area contributed by atoms with Crippen molar-refractivity contribution in [2.75, 3.05) is 46.3 Å². The van der Waals surface area contributed by atoms with Crippen molar-refractivity contribution in [3.05, 3.63) is 0 Å². The second-order valence-electron chi connectivity index (χ2n) is 5.04. The van der Waals surface area contributed by atoms with Crippen LogP contribution in [0.25, 0.3) is 0 Å². The molecule has 0 radical (unpaired) electrons. The first-order valence-corrected chi connectivity index (χ1v) is 6.65. The topological polar surface area (TPSA) is 47.6 Å². The Morgan fingerprint density at radius 1 is 1.35 bits per heavy atom. The lowest BCUT2D eigenvalue weighted by atomic mass is 10.1. The molecule has 2 atom stereocenters. The summed E-state index contributed by atoms with van der Waals surface area (Å²) in [5, 5.41) is 6.56. The molecule has 2 aliphatic heterocycles. The Bertz CT molecular complexity index is 265. The average molecular weight is 240 g/mol. The van der Waals surface area contributed by atoms with Crippen molar-refractivity contribution < 1.29 is 4.79 Å². The monoisotopic (exact) mass is 240 g/mol. The number of amides is 1. The van der Waals surface area contributed by atoms with E-state index in [1.807, 2.05) is 4.90 Å². The number of nitrogens with one attached hydrogen (secondary N) is 2. The summed E-state index contributed by atoms with van der Waals surface area (Å²) in [5.41, 5.74) is 0. The molecule has 0 bridgehead atoms. The Balaban J connectivity index is 1.90. The molecule has 2 saturated heterocycles. The summed E-state index contributed by atoms with van der Waals surface area (Å²) in [4.78, 5) is 16.7. The van der Waals surface area contributed by atoms with Crippen LogP contribution in [0.2, 0.25) is 0 Å². The lowest BCUT2D eigenvalue weighted by Gasteiger charge is -2.41. The molecule has 2 unspecified atom stereocenters. The van der Waals surface area contributed by atoms with Crippen LogP contribution >= 0.6 is 0 Å². The van der Waals surface area contributed by atoms with Gasteiger partial charge in [0.1, 0.15) is 0 Å². The first kappa shape index (κ1) is 12.8. The van der Waals surface area contributed by atoms with Crippen molar-refractivity contribution in [3.8, 4) is 0 Å². The van der Waals surface area contributed by atoms with Gasteiger partial charge in [-0.1, -0.05) is 6.92 Å². The lowest BCUT2D eigenvalue weighted by molar-refractivity contribution is -0.136. The van der Waals surface area contributed by atoms with Gasteiger partial charge in [0.05, 0.1) is 6.04 Å². The van der Waals surface area contributed by atoms with E-state index in [1.165, 1.54) is 0 Å². The molecule has 0 aromatic carbocycles. The van der Waals surface area contributed by atoms with Crippen molar-refractivity contribution >= 4 is 5.91 Å². The Morgan fingerprint density at radius 3 is 2.82 bits per heavy atom. The number of nitrogens with zero attached hydrogens (tertiary/aromatic N) is 2. The summed E-state index contributed by atoms with van der Waals surface area (Å²) in [6, 6.07) is 0.494. The lowest BCUT2D eigenvalue weighted by Crippen LogP contribution is -2.61. The van der Waals surface area contributed by atoms with Crippen molar-refractivity contribution in [2.24, 2.45) is 0 Å². The summed E-state index contributed by atoms with van der Waals surface area (Å²) < 4.78 is 0.